The van der Waals surface area contributed by atoms with Crippen molar-refractivity contribution in [2.75, 3.05) is 0 Å². The van der Waals surface area contributed by atoms with Crippen LogP contribution >= 0.6 is 0 Å². The first-order chi connectivity index (χ1) is 7.50. The van der Waals surface area contributed by atoms with Crippen LogP contribution in [-0.2, 0) is 4.79 Å². The molecule has 0 fully saturated rings. The molecule has 16 heavy (non-hydrogen) atoms. The van der Waals surface area contributed by atoms with Gasteiger partial charge in [-0.2, -0.15) is 0 Å². The highest BCUT2D eigenvalue weighted by Crippen LogP contribution is 2.24. The number of hydrogen-bond acceptors (Lipinski definition) is 1. The lowest BCUT2D eigenvalue weighted by Crippen LogP contribution is -2.10. The lowest BCUT2D eigenvalue weighted by atomic mass is 9.86. The summed E-state index contributed by atoms with van der Waals surface area (Å²) in [7, 11) is 0. The molecular weight excluding hydrogens is 196 g/mol. The molecule has 1 atom stereocenters. The minimum absolute atomic E-state index is 0.207. The zero-order valence-electron chi connectivity index (χ0n) is 10.5. The highest BCUT2D eigenvalue weighted by Gasteiger charge is 2.15. The number of Topliss-reactive ketones (excluding diaryl/α,β-unsaturated/α-hetero) is 1. The normalized spacial score (nSPS) is 25.9. The van der Waals surface area contributed by atoms with Crippen molar-refractivity contribution in [3.8, 4) is 0 Å². The van der Waals surface area contributed by atoms with Crippen molar-refractivity contribution < 1.29 is 4.79 Å². The van der Waals surface area contributed by atoms with Crippen LogP contribution in [0.2, 0.25) is 0 Å². The van der Waals surface area contributed by atoms with Crippen molar-refractivity contribution in [2.24, 2.45) is 11.8 Å². The van der Waals surface area contributed by atoms with Gasteiger partial charge in [-0.1, -0.05) is 44.7 Å². The first kappa shape index (κ1) is 13.0. The van der Waals surface area contributed by atoms with E-state index in [2.05, 4.69) is 39.2 Å². The van der Waals surface area contributed by atoms with Crippen LogP contribution in [-0.4, -0.2) is 5.78 Å². The molecule has 0 aromatic rings. The van der Waals surface area contributed by atoms with Crippen LogP contribution in [0.5, 0.6) is 0 Å². The molecule has 1 aliphatic carbocycles. The van der Waals surface area contributed by atoms with Crippen molar-refractivity contribution in [1.82, 2.24) is 0 Å². The van der Waals surface area contributed by atoms with Crippen molar-refractivity contribution in [3.05, 3.63) is 36.5 Å². The van der Waals surface area contributed by atoms with Crippen LogP contribution in [0.25, 0.3) is 0 Å². The highest BCUT2D eigenvalue weighted by molar-refractivity contribution is 5.94. The maximum absolute atomic E-state index is 11.7. The third-order valence-electron chi connectivity index (χ3n) is 3.28. The Morgan fingerprint density at radius 1 is 1.25 bits per heavy atom. The molecular formula is C15H22O. The Balaban J connectivity index is 2.78. The fraction of sp³-hybridized carbons (Fsp3) is 0.533. The summed E-state index contributed by atoms with van der Waals surface area (Å²) in [4.78, 5) is 11.7. The van der Waals surface area contributed by atoms with Crippen LogP contribution in [0.4, 0.5) is 0 Å². The van der Waals surface area contributed by atoms with E-state index in [1.165, 1.54) is 0 Å². The maximum atomic E-state index is 11.7. The fourth-order valence-corrected chi connectivity index (χ4v) is 1.93. The number of ketones is 1. The van der Waals surface area contributed by atoms with Crippen LogP contribution in [0.3, 0.4) is 0 Å². The minimum atomic E-state index is 0.207. The molecule has 1 unspecified atom stereocenters. The molecule has 0 N–H and O–H groups in total. The SMILES string of the molecule is C=C1/C=C/C(C(C)C)CCC(=C)C(=O)CC1. The summed E-state index contributed by atoms with van der Waals surface area (Å²) in [5.74, 6) is 1.34. The van der Waals surface area contributed by atoms with Gasteiger partial charge in [0.05, 0.1) is 0 Å². The van der Waals surface area contributed by atoms with Gasteiger partial charge in [-0.25, -0.2) is 0 Å². The Bertz CT molecular complexity index is 320. The van der Waals surface area contributed by atoms with Crippen LogP contribution in [0, 0.1) is 11.8 Å². The molecule has 0 bridgehead atoms. The molecule has 0 aromatic heterocycles. The maximum Gasteiger partial charge on any atom is 0.158 e. The third-order valence-corrected chi connectivity index (χ3v) is 3.28. The van der Waals surface area contributed by atoms with E-state index in [0.29, 0.717) is 18.3 Å². The van der Waals surface area contributed by atoms with Gasteiger partial charge in [0.15, 0.2) is 5.78 Å². The summed E-state index contributed by atoms with van der Waals surface area (Å²) in [6.07, 6.45) is 7.51. The van der Waals surface area contributed by atoms with Gasteiger partial charge < -0.3 is 0 Å². The molecule has 0 amide bonds. The van der Waals surface area contributed by atoms with Gasteiger partial charge in [-0.05, 0) is 36.7 Å². The zero-order chi connectivity index (χ0) is 12.1. The second-order valence-electron chi connectivity index (χ2n) is 4.99. The fourth-order valence-electron chi connectivity index (χ4n) is 1.93. The van der Waals surface area contributed by atoms with Crippen LogP contribution < -0.4 is 0 Å². The van der Waals surface area contributed by atoms with E-state index < -0.39 is 0 Å². The lowest BCUT2D eigenvalue weighted by Gasteiger charge is -2.18. The molecule has 1 heteroatoms. The smallest absolute Gasteiger partial charge is 0.158 e. The summed E-state index contributed by atoms with van der Waals surface area (Å²) in [6, 6.07) is 0. The van der Waals surface area contributed by atoms with Gasteiger partial charge in [-0.15, -0.1) is 0 Å². The average Bonchev–Trinajstić information content (AvgIpc) is 2.23. The van der Waals surface area contributed by atoms with E-state index in [4.69, 9.17) is 0 Å². The van der Waals surface area contributed by atoms with Crippen molar-refractivity contribution in [2.45, 2.75) is 39.5 Å². The quantitative estimate of drug-likeness (QED) is 0.606. The Labute approximate surface area is 98.9 Å². The standard InChI is InChI=1S/C15H22O/c1-11(2)14-8-5-12(3)6-10-15(16)13(4)7-9-14/h5,8,11,14H,3-4,6-7,9-10H2,1-2H3/b8-5+. The number of hydrogen-bond donors (Lipinski definition) is 0. The predicted molar refractivity (Wildman–Crippen MR) is 69.2 cm³/mol. The molecule has 0 saturated carbocycles. The minimum Gasteiger partial charge on any atom is -0.295 e. The van der Waals surface area contributed by atoms with E-state index in [1.807, 2.05) is 0 Å². The predicted octanol–water partition coefficient (Wildman–Crippen LogP) is 4.07. The van der Waals surface area contributed by atoms with Gasteiger partial charge in [0.1, 0.15) is 0 Å². The molecule has 0 spiro atoms. The lowest BCUT2D eigenvalue weighted by molar-refractivity contribution is -0.115. The molecule has 0 saturated heterocycles. The second kappa shape index (κ2) is 5.83. The summed E-state index contributed by atoms with van der Waals surface area (Å²) < 4.78 is 0. The van der Waals surface area contributed by atoms with E-state index in [1.54, 1.807) is 0 Å². The molecule has 1 nitrogen and oxygen atoms in total. The van der Waals surface area contributed by atoms with Gasteiger partial charge >= 0.3 is 0 Å². The number of carbonyl (C=O) groups is 1. The molecule has 88 valence electrons. The summed E-state index contributed by atoms with van der Waals surface area (Å²) in [6.45, 7) is 12.3. The molecule has 0 aliphatic heterocycles. The van der Waals surface area contributed by atoms with Crippen molar-refractivity contribution in [3.63, 3.8) is 0 Å². The Morgan fingerprint density at radius 3 is 2.56 bits per heavy atom. The Morgan fingerprint density at radius 2 is 1.94 bits per heavy atom. The van der Waals surface area contributed by atoms with E-state index in [9.17, 15) is 4.79 Å². The highest BCUT2D eigenvalue weighted by atomic mass is 16.1. The van der Waals surface area contributed by atoms with Gasteiger partial charge in [0.25, 0.3) is 0 Å². The number of rotatable bonds is 1. The van der Waals surface area contributed by atoms with Gasteiger partial charge in [-0.3, -0.25) is 4.79 Å². The van der Waals surface area contributed by atoms with Crippen LogP contribution in [0.15, 0.2) is 36.5 Å². The Hall–Kier alpha value is -1.11. The topological polar surface area (TPSA) is 17.1 Å². The summed E-state index contributed by atoms with van der Waals surface area (Å²) >= 11 is 0. The first-order valence-electron chi connectivity index (χ1n) is 6.07. The van der Waals surface area contributed by atoms with Crippen molar-refractivity contribution in [1.29, 1.82) is 0 Å². The molecule has 1 aliphatic rings. The Kier molecular flexibility index (Phi) is 4.72. The largest absolute Gasteiger partial charge is 0.295 e. The van der Waals surface area contributed by atoms with E-state index in [-0.39, 0.29) is 5.78 Å². The molecule has 0 heterocycles. The van der Waals surface area contributed by atoms with Crippen LogP contribution in [0.1, 0.15) is 39.5 Å². The van der Waals surface area contributed by atoms with E-state index in [0.717, 1.165) is 30.4 Å². The average molecular weight is 218 g/mol. The van der Waals surface area contributed by atoms with Crippen molar-refractivity contribution >= 4 is 5.78 Å². The third kappa shape index (κ3) is 3.80. The second-order valence-corrected chi connectivity index (χ2v) is 4.99. The molecule has 0 radical (unpaired) electrons. The monoisotopic (exact) mass is 218 g/mol. The van der Waals surface area contributed by atoms with E-state index >= 15 is 0 Å². The first-order valence-corrected chi connectivity index (χ1v) is 6.07. The summed E-state index contributed by atoms with van der Waals surface area (Å²) in [5.41, 5.74) is 1.84. The number of carbonyl (C=O) groups excluding carboxylic acids is 1. The van der Waals surface area contributed by atoms with Gasteiger partial charge in [0, 0.05) is 6.42 Å². The van der Waals surface area contributed by atoms with Gasteiger partial charge in [0.2, 0.25) is 0 Å². The molecule has 1 rings (SSSR count). The summed E-state index contributed by atoms with van der Waals surface area (Å²) in [5, 5.41) is 0. The molecule has 0 aromatic carbocycles. The number of allylic oxidation sites excluding steroid dienone is 4. The zero-order valence-corrected chi connectivity index (χ0v) is 10.5.